The Labute approximate surface area is 393 Å². The summed E-state index contributed by atoms with van der Waals surface area (Å²) in [6.45, 7) is 7.10. The molecule has 4 heterocycles. The largest absolute Gasteiger partial charge is 0.453 e. The topological polar surface area (TPSA) is 175 Å². The molecule has 0 unspecified atom stereocenters. The first-order valence-corrected chi connectivity index (χ1v) is 23.5. The average molecular weight is 929 g/mol. The number of aromatic nitrogens is 4. The van der Waals surface area contributed by atoms with Crippen molar-refractivity contribution in [3.05, 3.63) is 107 Å². The number of halogens is 2. The molecule has 6 aromatic rings. The first-order chi connectivity index (χ1) is 32.7. The highest BCUT2D eigenvalue weighted by molar-refractivity contribution is 5.89. The molecular formula is C52H58F2N8O6. The van der Waals surface area contributed by atoms with Gasteiger partial charge in [-0.15, -0.1) is 0 Å². The van der Waals surface area contributed by atoms with Crippen LogP contribution in [0.5, 0.6) is 0 Å². The molecule has 6 atom stereocenters. The molecule has 4 aromatic carbocycles. The smallest absolute Gasteiger partial charge is 0.407 e. The van der Waals surface area contributed by atoms with Gasteiger partial charge < -0.3 is 39.9 Å². The molecule has 14 nitrogen and oxygen atoms in total. The number of methoxy groups -OCH3 is 2. The van der Waals surface area contributed by atoms with E-state index in [2.05, 4.69) is 81.3 Å². The third-order valence-electron chi connectivity index (χ3n) is 13.8. The van der Waals surface area contributed by atoms with Crippen molar-refractivity contribution in [2.75, 3.05) is 27.3 Å². The zero-order chi connectivity index (χ0) is 48.0. The Balaban J connectivity index is 0.951. The van der Waals surface area contributed by atoms with Gasteiger partial charge in [-0.05, 0) is 106 Å². The maximum absolute atomic E-state index is 15.1. The Hall–Kier alpha value is -6.84. The Morgan fingerprint density at radius 1 is 0.603 bits per heavy atom. The first kappa shape index (κ1) is 46.3. The van der Waals surface area contributed by atoms with E-state index < -0.39 is 48.7 Å². The van der Waals surface area contributed by atoms with Crippen molar-refractivity contribution >= 4 is 46.1 Å². The van der Waals surface area contributed by atoms with Crippen LogP contribution in [0, 0.1) is 11.8 Å². The third-order valence-corrected chi connectivity index (χ3v) is 13.8. The summed E-state index contributed by atoms with van der Waals surface area (Å²) in [7, 11) is 2.48. The number of fused-ring (bicyclic) bond motifs is 2. The maximum Gasteiger partial charge on any atom is 0.407 e. The van der Waals surface area contributed by atoms with Gasteiger partial charge in [0.15, 0.2) is 0 Å². The van der Waals surface area contributed by atoms with Crippen LogP contribution in [0.15, 0.2) is 72.8 Å². The van der Waals surface area contributed by atoms with Crippen molar-refractivity contribution in [2.45, 2.75) is 103 Å². The molecule has 6 aliphatic rings. The summed E-state index contributed by atoms with van der Waals surface area (Å²) >= 11 is 0. The summed E-state index contributed by atoms with van der Waals surface area (Å²) < 4.78 is 39.7. The minimum absolute atomic E-state index is 0.0924. The number of amides is 4. The zero-order valence-corrected chi connectivity index (χ0v) is 39.2. The number of aryl methyl sites for hydroxylation is 4. The van der Waals surface area contributed by atoms with Crippen molar-refractivity contribution in [2.24, 2.45) is 11.8 Å². The molecule has 0 radical (unpaired) electrons. The van der Waals surface area contributed by atoms with Gasteiger partial charge in [-0.3, -0.25) is 9.59 Å². The molecule has 0 saturated carbocycles. The van der Waals surface area contributed by atoms with Crippen LogP contribution in [0.2, 0.25) is 0 Å². The van der Waals surface area contributed by atoms with Gasteiger partial charge in [0, 0.05) is 12.8 Å². The summed E-state index contributed by atoms with van der Waals surface area (Å²) in [5.74, 6) is -0.255. The normalized spacial score (nSPS) is 20.2. The van der Waals surface area contributed by atoms with Crippen LogP contribution in [-0.2, 0) is 44.7 Å². The third kappa shape index (κ3) is 9.24. The number of alkyl halides is 2. The van der Waals surface area contributed by atoms with E-state index in [0.29, 0.717) is 22.7 Å². The fourth-order valence-electron chi connectivity index (χ4n) is 10.1. The molecule has 68 heavy (non-hydrogen) atoms. The number of nitrogens with one attached hydrogen (secondary N) is 4. The van der Waals surface area contributed by atoms with Gasteiger partial charge in [0.2, 0.25) is 11.8 Å². The van der Waals surface area contributed by atoms with E-state index in [1.165, 1.54) is 46.3 Å². The molecule has 4 bridgehead atoms. The highest BCUT2D eigenvalue weighted by Crippen LogP contribution is 2.38. The number of likely N-dealkylation sites (tertiary alicyclic amines) is 2. The van der Waals surface area contributed by atoms with Gasteiger partial charge in [-0.2, -0.15) is 0 Å². The number of imidazole rings is 2. The quantitative estimate of drug-likeness (QED) is 0.106. The number of H-pyrrole nitrogens is 2. The van der Waals surface area contributed by atoms with Gasteiger partial charge in [-0.25, -0.2) is 28.3 Å². The molecule has 2 fully saturated rings. The SMILES string of the molecule is COC(=O)N[C@H](C(=O)N1C[C@H](F)C[C@H]1c1nc2ccc(-c3cc4ccc3CCc3ccc(c(-c5ccc6nc([C@@H]7C[C@@H](F)CN7C(=O)[C@@H](NC(=O)OC)C(C)C)[nH]c6c5)c3)CC4)cc2[nH]1)C(C)C. The second-order valence-electron chi connectivity index (χ2n) is 19.1. The van der Waals surface area contributed by atoms with Gasteiger partial charge in [0.05, 0.1) is 61.5 Å². The Bertz CT molecular complexity index is 2700. The minimum atomic E-state index is -1.24. The van der Waals surface area contributed by atoms with E-state index in [1.807, 2.05) is 39.8 Å². The summed E-state index contributed by atoms with van der Waals surface area (Å²) in [5, 5.41) is 5.25. The van der Waals surface area contributed by atoms with Gasteiger partial charge in [-0.1, -0.05) is 76.2 Å². The van der Waals surface area contributed by atoms with Gasteiger partial charge >= 0.3 is 12.2 Å². The Kier molecular flexibility index (Phi) is 13.0. The molecule has 2 saturated heterocycles. The molecular weight excluding hydrogens is 871 g/mol. The summed E-state index contributed by atoms with van der Waals surface area (Å²) in [6.07, 6.45) is -0.556. The number of carbonyl (C=O) groups excluding carboxylic acids is 4. The molecule has 0 spiro atoms. The van der Waals surface area contributed by atoms with Crippen LogP contribution in [0.1, 0.15) is 86.5 Å². The molecule has 4 amide bonds. The fraction of sp³-hybridized carbons (Fsp3) is 0.423. The van der Waals surface area contributed by atoms with Crippen LogP contribution < -0.4 is 10.6 Å². The molecule has 2 aliphatic heterocycles. The number of aromatic amines is 2. The lowest BCUT2D eigenvalue weighted by Crippen LogP contribution is -2.51. The lowest BCUT2D eigenvalue weighted by atomic mass is 9.87. The van der Waals surface area contributed by atoms with Crippen molar-refractivity contribution < 1.29 is 37.4 Å². The molecule has 16 heteroatoms. The van der Waals surface area contributed by atoms with Gasteiger partial charge in [0.25, 0.3) is 0 Å². The summed E-state index contributed by atoms with van der Waals surface area (Å²) in [4.78, 5) is 71.3. The monoisotopic (exact) mass is 928 g/mol. The molecule has 12 rings (SSSR count). The van der Waals surface area contributed by atoms with Crippen molar-refractivity contribution in [3.8, 4) is 22.3 Å². The van der Waals surface area contributed by atoms with E-state index >= 15 is 8.78 Å². The van der Waals surface area contributed by atoms with E-state index in [4.69, 9.17) is 19.4 Å². The number of hydrogen-bond acceptors (Lipinski definition) is 8. The van der Waals surface area contributed by atoms with Crippen LogP contribution >= 0.6 is 0 Å². The Morgan fingerprint density at radius 2 is 1.01 bits per heavy atom. The van der Waals surface area contributed by atoms with Crippen molar-refractivity contribution in [3.63, 3.8) is 0 Å². The van der Waals surface area contributed by atoms with Crippen LogP contribution in [0.3, 0.4) is 0 Å². The second kappa shape index (κ2) is 19.0. The molecule has 4 aliphatic carbocycles. The predicted octanol–water partition coefficient (Wildman–Crippen LogP) is 8.64. The number of alkyl carbamates (subject to hydrolysis) is 2. The van der Waals surface area contributed by atoms with Crippen molar-refractivity contribution in [1.82, 2.24) is 40.4 Å². The van der Waals surface area contributed by atoms with Crippen LogP contribution in [-0.4, -0.2) is 105 Å². The minimum Gasteiger partial charge on any atom is -0.453 e. The number of benzene rings is 4. The van der Waals surface area contributed by atoms with E-state index in [0.717, 1.165) is 59.0 Å². The van der Waals surface area contributed by atoms with Crippen LogP contribution in [0.25, 0.3) is 44.3 Å². The number of hydrogen-bond donors (Lipinski definition) is 4. The standard InChI is InChI=1S/C52H58F2N8O6/c1-27(2)45(59-51(65)67-5)49(63)61-25-35(53)23-43(61)47-55-39-17-15-33(21-41(39)57-47)37-19-29-7-11-31(37)13-9-30-8-12-32(14-10-29)38(20-30)34-16-18-40-42(22-34)58-48(56-40)44-24-36(54)26-62(44)50(64)46(28(3)4)60-52(66)68-6/h7-8,11-12,15-22,27-28,35-36,43-46H,9-10,13-14,23-26H2,1-6H3,(H,55,57)(H,56,58)(H,59,65)(H,60,66)/t35-,36-,43+,44+,45+,46+/m1/s1. The lowest BCUT2D eigenvalue weighted by molar-refractivity contribution is -0.136. The van der Waals surface area contributed by atoms with E-state index in [9.17, 15) is 19.2 Å². The van der Waals surface area contributed by atoms with Crippen LogP contribution in [0.4, 0.5) is 18.4 Å². The predicted molar refractivity (Wildman–Crippen MR) is 254 cm³/mol. The number of carbonyl (C=O) groups is 4. The number of rotatable bonds is 10. The summed E-state index contributed by atoms with van der Waals surface area (Å²) in [6, 6.07) is 22.6. The highest BCUT2D eigenvalue weighted by Gasteiger charge is 2.43. The first-order valence-electron chi connectivity index (χ1n) is 23.5. The fourth-order valence-corrected chi connectivity index (χ4v) is 10.1. The molecule has 356 valence electrons. The molecule has 2 aromatic heterocycles. The summed E-state index contributed by atoms with van der Waals surface area (Å²) in [5.41, 5.74) is 12.1. The lowest BCUT2D eigenvalue weighted by Gasteiger charge is -2.29. The Morgan fingerprint density at radius 3 is 1.40 bits per heavy atom. The van der Waals surface area contributed by atoms with Gasteiger partial charge in [0.1, 0.15) is 36.1 Å². The maximum atomic E-state index is 15.1. The van der Waals surface area contributed by atoms with Crippen molar-refractivity contribution in [1.29, 1.82) is 0 Å². The van der Waals surface area contributed by atoms with E-state index in [-0.39, 0.29) is 49.6 Å². The second-order valence-corrected chi connectivity index (χ2v) is 19.1. The highest BCUT2D eigenvalue weighted by atomic mass is 19.1. The number of ether oxygens (including phenoxy) is 2. The zero-order valence-electron chi connectivity index (χ0n) is 39.2. The van der Waals surface area contributed by atoms with E-state index in [1.54, 1.807) is 0 Å². The average Bonchev–Trinajstić information content (AvgIpc) is 4.13. The number of nitrogens with zero attached hydrogens (tertiary/aromatic N) is 4. The molecule has 4 N–H and O–H groups in total.